The summed E-state index contributed by atoms with van der Waals surface area (Å²) in [6, 6.07) is 4.41. The minimum Gasteiger partial charge on any atom is -0.149 e. The fourth-order valence-corrected chi connectivity index (χ4v) is 2.45. The first-order valence-electron chi connectivity index (χ1n) is 4.15. The van der Waals surface area contributed by atoms with Crippen molar-refractivity contribution in [3.63, 3.8) is 0 Å². The SMILES string of the molecule is C1=CC[C@@H](c2cccs2)CC1. The molecule has 1 aliphatic rings. The van der Waals surface area contributed by atoms with Crippen LogP contribution in [0.5, 0.6) is 0 Å². The molecule has 2 rings (SSSR count). The van der Waals surface area contributed by atoms with Crippen molar-refractivity contribution in [2.24, 2.45) is 0 Å². The third-order valence-electron chi connectivity index (χ3n) is 2.21. The van der Waals surface area contributed by atoms with E-state index in [0.29, 0.717) is 0 Å². The normalized spacial score (nSPS) is 23.8. The summed E-state index contributed by atoms with van der Waals surface area (Å²) in [7, 11) is 0. The second-order valence-corrected chi connectivity index (χ2v) is 3.98. The monoisotopic (exact) mass is 164 g/mol. The lowest BCUT2D eigenvalue weighted by molar-refractivity contribution is 0.627. The van der Waals surface area contributed by atoms with Crippen molar-refractivity contribution in [2.75, 3.05) is 0 Å². The van der Waals surface area contributed by atoms with E-state index in [1.54, 1.807) is 4.88 Å². The molecule has 0 N–H and O–H groups in total. The van der Waals surface area contributed by atoms with E-state index in [1.165, 1.54) is 19.3 Å². The van der Waals surface area contributed by atoms with Crippen molar-refractivity contribution in [1.82, 2.24) is 0 Å². The largest absolute Gasteiger partial charge is 0.149 e. The molecule has 1 atom stereocenters. The van der Waals surface area contributed by atoms with Crippen molar-refractivity contribution in [2.45, 2.75) is 25.2 Å². The molecular formula is C10H12S. The van der Waals surface area contributed by atoms with Crippen molar-refractivity contribution in [3.8, 4) is 0 Å². The summed E-state index contributed by atoms with van der Waals surface area (Å²) in [4.78, 5) is 1.56. The average molecular weight is 164 g/mol. The third-order valence-corrected chi connectivity index (χ3v) is 3.25. The quantitative estimate of drug-likeness (QED) is 0.557. The van der Waals surface area contributed by atoms with Crippen LogP contribution in [0.25, 0.3) is 0 Å². The molecule has 1 heteroatoms. The van der Waals surface area contributed by atoms with Crippen LogP contribution in [-0.4, -0.2) is 0 Å². The van der Waals surface area contributed by atoms with Crippen LogP contribution in [0.4, 0.5) is 0 Å². The van der Waals surface area contributed by atoms with Gasteiger partial charge in [0.1, 0.15) is 0 Å². The number of hydrogen-bond acceptors (Lipinski definition) is 1. The third kappa shape index (κ3) is 1.54. The molecule has 11 heavy (non-hydrogen) atoms. The Kier molecular flexibility index (Phi) is 2.08. The molecule has 0 radical (unpaired) electrons. The zero-order chi connectivity index (χ0) is 7.52. The zero-order valence-electron chi connectivity index (χ0n) is 6.49. The van der Waals surface area contributed by atoms with Gasteiger partial charge in [0.15, 0.2) is 0 Å². The van der Waals surface area contributed by atoms with Gasteiger partial charge in [-0.2, -0.15) is 0 Å². The van der Waals surface area contributed by atoms with Gasteiger partial charge in [0.25, 0.3) is 0 Å². The van der Waals surface area contributed by atoms with Gasteiger partial charge in [0, 0.05) is 4.88 Å². The van der Waals surface area contributed by atoms with E-state index in [-0.39, 0.29) is 0 Å². The summed E-state index contributed by atoms with van der Waals surface area (Å²) < 4.78 is 0. The lowest BCUT2D eigenvalue weighted by Crippen LogP contribution is -1.97. The van der Waals surface area contributed by atoms with E-state index in [1.807, 2.05) is 11.3 Å². The van der Waals surface area contributed by atoms with Gasteiger partial charge in [0.05, 0.1) is 0 Å². The van der Waals surface area contributed by atoms with Gasteiger partial charge >= 0.3 is 0 Å². The van der Waals surface area contributed by atoms with E-state index in [4.69, 9.17) is 0 Å². The van der Waals surface area contributed by atoms with Crippen molar-refractivity contribution in [3.05, 3.63) is 34.5 Å². The Morgan fingerprint density at radius 3 is 3.00 bits per heavy atom. The molecular weight excluding hydrogens is 152 g/mol. The maximum atomic E-state index is 2.31. The molecule has 0 unspecified atom stereocenters. The summed E-state index contributed by atoms with van der Waals surface area (Å²) in [6.45, 7) is 0. The Balaban J connectivity index is 2.11. The van der Waals surface area contributed by atoms with Crippen LogP contribution >= 0.6 is 11.3 Å². The summed E-state index contributed by atoms with van der Waals surface area (Å²) in [6.07, 6.45) is 8.47. The number of allylic oxidation sites excluding steroid dienone is 2. The average Bonchev–Trinajstić information content (AvgIpc) is 2.58. The van der Waals surface area contributed by atoms with Crippen LogP contribution < -0.4 is 0 Å². The van der Waals surface area contributed by atoms with E-state index in [0.717, 1.165) is 5.92 Å². The van der Waals surface area contributed by atoms with E-state index < -0.39 is 0 Å². The Hall–Kier alpha value is -0.560. The molecule has 58 valence electrons. The van der Waals surface area contributed by atoms with Gasteiger partial charge in [-0.05, 0) is 36.6 Å². The fourth-order valence-electron chi connectivity index (χ4n) is 1.58. The molecule has 0 fully saturated rings. The molecule has 1 heterocycles. The first-order chi connectivity index (χ1) is 5.47. The first-order valence-corrected chi connectivity index (χ1v) is 5.03. The smallest absolute Gasteiger partial charge is 0.00793 e. The molecule has 0 amide bonds. The van der Waals surface area contributed by atoms with Gasteiger partial charge in [0.2, 0.25) is 0 Å². The summed E-state index contributed by atoms with van der Waals surface area (Å²) in [5.41, 5.74) is 0. The first kappa shape index (κ1) is 7.11. The van der Waals surface area contributed by atoms with Crippen molar-refractivity contribution >= 4 is 11.3 Å². The number of rotatable bonds is 1. The highest BCUT2D eigenvalue weighted by atomic mass is 32.1. The molecule has 0 bridgehead atoms. The highest BCUT2D eigenvalue weighted by Gasteiger charge is 2.12. The van der Waals surface area contributed by atoms with Gasteiger partial charge < -0.3 is 0 Å². The minimum absolute atomic E-state index is 0.819. The van der Waals surface area contributed by atoms with Crippen LogP contribution in [0.2, 0.25) is 0 Å². The Morgan fingerprint density at radius 2 is 2.36 bits per heavy atom. The van der Waals surface area contributed by atoms with Gasteiger partial charge in [-0.15, -0.1) is 11.3 Å². The van der Waals surface area contributed by atoms with Crippen LogP contribution in [0, 0.1) is 0 Å². The molecule has 0 aliphatic heterocycles. The van der Waals surface area contributed by atoms with Gasteiger partial charge in [-0.1, -0.05) is 18.2 Å². The predicted molar refractivity (Wildman–Crippen MR) is 50.1 cm³/mol. The van der Waals surface area contributed by atoms with E-state index in [2.05, 4.69) is 29.7 Å². The molecule has 1 aliphatic carbocycles. The Morgan fingerprint density at radius 1 is 1.36 bits per heavy atom. The molecule has 0 spiro atoms. The molecule has 0 aromatic carbocycles. The van der Waals surface area contributed by atoms with Crippen molar-refractivity contribution < 1.29 is 0 Å². The van der Waals surface area contributed by atoms with Crippen LogP contribution in [0.15, 0.2) is 29.7 Å². The van der Waals surface area contributed by atoms with Crippen LogP contribution in [-0.2, 0) is 0 Å². The molecule has 1 aromatic rings. The lowest BCUT2D eigenvalue weighted by atomic mass is 9.93. The number of hydrogen-bond donors (Lipinski definition) is 0. The Labute approximate surface area is 71.6 Å². The Bertz CT molecular complexity index is 233. The second kappa shape index (κ2) is 3.22. The predicted octanol–water partition coefficient (Wildman–Crippen LogP) is 3.57. The van der Waals surface area contributed by atoms with Gasteiger partial charge in [-0.3, -0.25) is 0 Å². The summed E-state index contributed by atoms with van der Waals surface area (Å²) in [5, 5.41) is 2.17. The maximum absolute atomic E-state index is 2.31. The zero-order valence-corrected chi connectivity index (χ0v) is 7.31. The van der Waals surface area contributed by atoms with Crippen LogP contribution in [0.1, 0.15) is 30.1 Å². The molecule has 1 aromatic heterocycles. The summed E-state index contributed by atoms with van der Waals surface area (Å²) in [5.74, 6) is 0.819. The topological polar surface area (TPSA) is 0 Å². The van der Waals surface area contributed by atoms with Gasteiger partial charge in [-0.25, -0.2) is 0 Å². The standard InChI is InChI=1S/C10H12S/c1-2-5-9(6-3-1)10-7-4-8-11-10/h1-2,4,7-9H,3,5-6H2/t9-/m1/s1. The fraction of sp³-hybridized carbons (Fsp3) is 0.400. The van der Waals surface area contributed by atoms with Crippen LogP contribution in [0.3, 0.4) is 0 Å². The highest BCUT2D eigenvalue weighted by Crippen LogP contribution is 2.31. The lowest BCUT2D eigenvalue weighted by Gasteiger charge is -2.15. The highest BCUT2D eigenvalue weighted by molar-refractivity contribution is 7.10. The van der Waals surface area contributed by atoms with E-state index >= 15 is 0 Å². The van der Waals surface area contributed by atoms with Crippen molar-refractivity contribution in [1.29, 1.82) is 0 Å². The second-order valence-electron chi connectivity index (χ2n) is 3.00. The summed E-state index contributed by atoms with van der Waals surface area (Å²) >= 11 is 1.90. The molecule has 0 nitrogen and oxygen atoms in total. The van der Waals surface area contributed by atoms with E-state index in [9.17, 15) is 0 Å². The minimum atomic E-state index is 0.819. The maximum Gasteiger partial charge on any atom is 0.00793 e. The molecule has 0 saturated heterocycles. The molecule has 0 saturated carbocycles. The number of thiophene rings is 1.